The van der Waals surface area contributed by atoms with E-state index in [-0.39, 0.29) is 24.2 Å². The highest BCUT2D eigenvalue weighted by Gasteiger charge is 2.33. The normalized spacial score (nSPS) is 13.3. The maximum atomic E-state index is 12.7. The number of esters is 1. The van der Waals surface area contributed by atoms with Crippen molar-refractivity contribution in [2.45, 2.75) is 25.4 Å². The number of nitrogens with zero attached hydrogens (tertiary/aromatic N) is 2. The van der Waals surface area contributed by atoms with Gasteiger partial charge in [0.05, 0.1) is 12.6 Å². The molecule has 144 valence electrons. The maximum absolute atomic E-state index is 12.7. The average Bonchev–Trinajstić information content (AvgIpc) is 3.48. The Bertz CT molecular complexity index is 992. The van der Waals surface area contributed by atoms with E-state index in [1.807, 2.05) is 42.5 Å². The summed E-state index contributed by atoms with van der Waals surface area (Å²) in [4.78, 5) is 26.8. The summed E-state index contributed by atoms with van der Waals surface area (Å²) in [7, 11) is 1.62. The predicted octanol–water partition coefficient (Wildman–Crippen LogP) is 2.92. The van der Waals surface area contributed by atoms with E-state index in [1.54, 1.807) is 18.1 Å². The lowest BCUT2D eigenvalue weighted by molar-refractivity contribution is -0.135. The molecule has 1 aliphatic carbocycles. The Morgan fingerprint density at radius 3 is 2.61 bits per heavy atom. The van der Waals surface area contributed by atoms with Crippen molar-refractivity contribution < 1.29 is 19.1 Å². The molecule has 7 nitrogen and oxygen atoms in total. The summed E-state index contributed by atoms with van der Waals surface area (Å²) in [6.45, 7) is 0.184. The average molecular weight is 379 g/mol. The molecule has 0 spiro atoms. The summed E-state index contributed by atoms with van der Waals surface area (Å²) in [6.07, 6.45) is 1.94. The molecular formula is C21H21N3O4. The van der Waals surface area contributed by atoms with E-state index in [4.69, 9.17) is 9.47 Å². The van der Waals surface area contributed by atoms with Crippen molar-refractivity contribution in [3.8, 4) is 5.75 Å². The number of ether oxygens (including phenoxy) is 2. The van der Waals surface area contributed by atoms with Gasteiger partial charge in [-0.25, -0.2) is 4.79 Å². The van der Waals surface area contributed by atoms with Gasteiger partial charge in [0.1, 0.15) is 5.75 Å². The first-order chi connectivity index (χ1) is 13.7. The fourth-order valence-corrected chi connectivity index (χ4v) is 3.13. The van der Waals surface area contributed by atoms with Crippen LogP contribution in [0.15, 0.2) is 48.5 Å². The number of fused-ring (bicyclic) bond motifs is 1. The molecule has 1 amide bonds. The van der Waals surface area contributed by atoms with Crippen LogP contribution in [0.2, 0.25) is 0 Å². The first-order valence-corrected chi connectivity index (χ1v) is 9.18. The molecule has 0 aliphatic heterocycles. The summed E-state index contributed by atoms with van der Waals surface area (Å²) in [6, 6.07) is 15.1. The molecule has 1 N–H and O–H groups in total. The number of methoxy groups -OCH3 is 1. The maximum Gasteiger partial charge on any atom is 0.359 e. The zero-order valence-corrected chi connectivity index (χ0v) is 15.6. The Morgan fingerprint density at radius 1 is 1.14 bits per heavy atom. The van der Waals surface area contributed by atoms with E-state index in [2.05, 4.69) is 10.2 Å². The van der Waals surface area contributed by atoms with Crippen LogP contribution in [0.5, 0.6) is 5.75 Å². The van der Waals surface area contributed by atoms with E-state index in [9.17, 15) is 9.59 Å². The van der Waals surface area contributed by atoms with Crippen LogP contribution in [0.25, 0.3) is 10.9 Å². The highest BCUT2D eigenvalue weighted by Crippen LogP contribution is 2.29. The van der Waals surface area contributed by atoms with Crippen LogP contribution in [0.4, 0.5) is 0 Å². The van der Waals surface area contributed by atoms with Gasteiger partial charge in [-0.1, -0.05) is 30.3 Å². The molecule has 1 aromatic heterocycles. The van der Waals surface area contributed by atoms with E-state index in [1.165, 1.54) is 0 Å². The van der Waals surface area contributed by atoms with Crippen LogP contribution in [0.3, 0.4) is 0 Å². The van der Waals surface area contributed by atoms with Crippen molar-refractivity contribution in [1.29, 1.82) is 0 Å². The zero-order valence-electron chi connectivity index (χ0n) is 15.6. The second-order valence-electron chi connectivity index (χ2n) is 6.79. The molecule has 3 aromatic rings. The first-order valence-electron chi connectivity index (χ1n) is 9.18. The number of aromatic nitrogens is 2. The minimum Gasteiger partial charge on any atom is -0.497 e. The lowest BCUT2D eigenvalue weighted by Gasteiger charge is -2.22. The Hall–Kier alpha value is -3.35. The highest BCUT2D eigenvalue weighted by molar-refractivity contribution is 6.02. The summed E-state index contributed by atoms with van der Waals surface area (Å²) >= 11 is 0. The molecule has 0 saturated heterocycles. The van der Waals surface area contributed by atoms with E-state index < -0.39 is 5.97 Å². The molecular weight excluding hydrogens is 358 g/mol. The van der Waals surface area contributed by atoms with Gasteiger partial charge in [0.2, 0.25) is 0 Å². The Kier molecular flexibility index (Phi) is 4.97. The fraction of sp³-hybridized carbons (Fsp3) is 0.286. The summed E-state index contributed by atoms with van der Waals surface area (Å²) in [5, 5.41) is 7.48. The van der Waals surface area contributed by atoms with Crippen LogP contribution in [-0.4, -0.2) is 46.7 Å². The molecule has 28 heavy (non-hydrogen) atoms. The van der Waals surface area contributed by atoms with Crippen molar-refractivity contribution in [3.05, 3.63) is 59.8 Å². The Balaban J connectivity index is 1.40. The number of carbonyl (C=O) groups excluding carboxylic acids is 2. The number of aromatic amines is 1. The van der Waals surface area contributed by atoms with Crippen LogP contribution >= 0.6 is 0 Å². The van der Waals surface area contributed by atoms with Crippen LogP contribution in [0.1, 0.15) is 28.9 Å². The van der Waals surface area contributed by atoms with Crippen molar-refractivity contribution in [1.82, 2.24) is 15.1 Å². The molecule has 0 bridgehead atoms. The van der Waals surface area contributed by atoms with Crippen molar-refractivity contribution in [3.63, 3.8) is 0 Å². The number of amides is 1. The molecule has 7 heteroatoms. The lowest BCUT2D eigenvalue weighted by atomic mass is 10.2. The number of nitrogens with one attached hydrogen (secondary N) is 1. The third kappa shape index (κ3) is 3.83. The smallest absolute Gasteiger partial charge is 0.359 e. The van der Waals surface area contributed by atoms with E-state index in [0.29, 0.717) is 11.9 Å². The topological polar surface area (TPSA) is 84.5 Å². The molecule has 0 unspecified atom stereocenters. The van der Waals surface area contributed by atoms with Gasteiger partial charge < -0.3 is 14.4 Å². The second kappa shape index (κ2) is 7.72. The standard InChI is InChI=1S/C21H21N3O4/c1-27-16-10-6-14(7-11-16)12-24(15-8-9-15)19(25)13-28-21(26)20-17-4-2-3-5-18(17)22-23-20/h2-7,10-11,15H,8-9,12-13H2,1H3,(H,22,23). The quantitative estimate of drug-likeness (QED) is 0.638. The number of rotatable bonds is 7. The van der Waals surface area contributed by atoms with Gasteiger partial charge in [0.25, 0.3) is 5.91 Å². The van der Waals surface area contributed by atoms with Crippen molar-refractivity contribution in [2.75, 3.05) is 13.7 Å². The van der Waals surface area contributed by atoms with Gasteiger partial charge in [-0.3, -0.25) is 9.89 Å². The zero-order chi connectivity index (χ0) is 19.5. The number of H-pyrrole nitrogens is 1. The molecule has 4 rings (SSSR count). The summed E-state index contributed by atoms with van der Waals surface area (Å²) < 4.78 is 10.4. The number of para-hydroxylation sites is 1. The highest BCUT2D eigenvalue weighted by atomic mass is 16.5. The molecule has 1 saturated carbocycles. The number of carbonyl (C=O) groups is 2. The summed E-state index contributed by atoms with van der Waals surface area (Å²) in [5.74, 6) is -0.0364. The van der Waals surface area contributed by atoms with Crippen LogP contribution in [-0.2, 0) is 16.1 Å². The summed E-state index contributed by atoms with van der Waals surface area (Å²) in [5.41, 5.74) is 1.95. The number of hydrogen-bond acceptors (Lipinski definition) is 5. The van der Waals surface area contributed by atoms with Gasteiger partial charge in [-0.15, -0.1) is 0 Å². The predicted molar refractivity (Wildman–Crippen MR) is 103 cm³/mol. The van der Waals surface area contributed by atoms with Crippen molar-refractivity contribution in [2.24, 2.45) is 0 Å². The monoisotopic (exact) mass is 379 g/mol. The molecule has 0 atom stereocenters. The largest absolute Gasteiger partial charge is 0.497 e. The third-order valence-corrected chi connectivity index (χ3v) is 4.81. The number of hydrogen-bond donors (Lipinski definition) is 1. The van der Waals surface area contributed by atoms with Gasteiger partial charge in [0, 0.05) is 18.0 Å². The number of benzene rings is 2. The molecule has 0 radical (unpaired) electrons. The van der Waals surface area contributed by atoms with E-state index >= 15 is 0 Å². The van der Waals surface area contributed by atoms with Gasteiger partial charge in [-0.05, 0) is 36.6 Å². The van der Waals surface area contributed by atoms with Gasteiger partial charge in [-0.2, -0.15) is 5.10 Å². The van der Waals surface area contributed by atoms with Crippen molar-refractivity contribution >= 4 is 22.8 Å². The minimum absolute atomic E-state index is 0.191. The Labute approximate surface area is 162 Å². The molecule has 1 aliphatic rings. The lowest BCUT2D eigenvalue weighted by Crippen LogP contribution is -2.36. The second-order valence-corrected chi connectivity index (χ2v) is 6.79. The minimum atomic E-state index is -0.606. The van der Waals surface area contributed by atoms with Crippen LogP contribution < -0.4 is 4.74 Å². The van der Waals surface area contributed by atoms with Gasteiger partial charge in [0.15, 0.2) is 12.3 Å². The van der Waals surface area contributed by atoms with E-state index in [0.717, 1.165) is 29.7 Å². The fourth-order valence-electron chi connectivity index (χ4n) is 3.13. The SMILES string of the molecule is COc1ccc(CN(C(=O)COC(=O)c2n[nH]c3ccccc23)C2CC2)cc1. The molecule has 2 aromatic carbocycles. The third-order valence-electron chi connectivity index (χ3n) is 4.81. The van der Waals surface area contributed by atoms with Gasteiger partial charge >= 0.3 is 5.97 Å². The molecule has 1 fully saturated rings. The Morgan fingerprint density at radius 2 is 1.89 bits per heavy atom. The first kappa shape index (κ1) is 18.0. The van der Waals surface area contributed by atoms with Crippen LogP contribution in [0, 0.1) is 0 Å². The molecule has 1 heterocycles.